The fourth-order valence-corrected chi connectivity index (χ4v) is 2.19. The first-order valence-electron chi connectivity index (χ1n) is 5.32. The van der Waals surface area contributed by atoms with E-state index in [1.54, 1.807) is 7.11 Å². The maximum Gasteiger partial charge on any atom is 0.321 e. The number of carboxylic acids is 1. The molecule has 1 aromatic rings. The zero-order valence-corrected chi connectivity index (χ0v) is 9.14. The van der Waals surface area contributed by atoms with E-state index in [0.29, 0.717) is 0 Å². The van der Waals surface area contributed by atoms with E-state index in [4.69, 9.17) is 9.84 Å². The molecule has 0 bridgehead atoms. The largest absolute Gasteiger partial charge is 0.497 e. The smallest absolute Gasteiger partial charge is 0.321 e. The minimum absolute atomic E-state index is 0.0348. The third-order valence-corrected chi connectivity index (χ3v) is 3.01. The number of aliphatic carboxylic acids is 1. The molecular weight excluding hydrogens is 206 g/mol. The molecule has 0 aromatic heterocycles. The van der Waals surface area contributed by atoms with Crippen LogP contribution in [-0.4, -0.2) is 30.8 Å². The lowest BCUT2D eigenvalue weighted by Gasteiger charge is -2.16. The van der Waals surface area contributed by atoms with Crippen molar-refractivity contribution in [3.8, 4) is 5.75 Å². The Bertz CT molecular complexity index is 392. The molecule has 2 unspecified atom stereocenters. The van der Waals surface area contributed by atoms with E-state index in [0.717, 1.165) is 24.3 Å². The van der Waals surface area contributed by atoms with Crippen molar-refractivity contribution in [3.63, 3.8) is 0 Å². The number of rotatable bonds is 3. The molecule has 2 atom stereocenters. The summed E-state index contributed by atoms with van der Waals surface area (Å²) < 4.78 is 5.14. The van der Waals surface area contributed by atoms with Gasteiger partial charge in [0.25, 0.3) is 0 Å². The third-order valence-electron chi connectivity index (χ3n) is 3.01. The number of nitrogens with one attached hydrogen (secondary N) is 1. The van der Waals surface area contributed by atoms with E-state index >= 15 is 0 Å². The van der Waals surface area contributed by atoms with Crippen LogP contribution >= 0.6 is 0 Å². The average molecular weight is 221 g/mol. The standard InChI is InChI=1S/C12H15NO3/c1-16-9-4-2-3-8(7-9)10-5-6-13-11(10)12(14)15/h2-4,7,10-11,13H,5-6H2,1H3,(H,14,15). The van der Waals surface area contributed by atoms with Crippen LogP contribution in [0.25, 0.3) is 0 Å². The molecular formula is C12H15NO3. The Balaban J connectivity index is 2.25. The SMILES string of the molecule is COc1cccc(C2CCNC2C(=O)O)c1. The van der Waals surface area contributed by atoms with Gasteiger partial charge in [-0.05, 0) is 30.7 Å². The Morgan fingerprint density at radius 2 is 2.38 bits per heavy atom. The number of hydrogen-bond acceptors (Lipinski definition) is 3. The van der Waals surface area contributed by atoms with Crippen molar-refractivity contribution >= 4 is 5.97 Å². The van der Waals surface area contributed by atoms with E-state index in [1.807, 2.05) is 24.3 Å². The maximum atomic E-state index is 11.0. The number of hydrogen-bond donors (Lipinski definition) is 2. The van der Waals surface area contributed by atoms with Gasteiger partial charge in [0.15, 0.2) is 0 Å². The Morgan fingerprint density at radius 3 is 3.06 bits per heavy atom. The number of ether oxygens (including phenoxy) is 1. The van der Waals surface area contributed by atoms with Gasteiger partial charge in [-0.1, -0.05) is 12.1 Å². The fourth-order valence-electron chi connectivity index (χ4n) is 2.19. The highest BCUT2D eigenvalue weighted by atomic mass is 16.5. The minimum atomic E-state index is -0.787. The second-order valence-corrected chi connectivity index (χ2v) is 3.94. The molecule has 1 aromatic carbocycles. The van der Waals surface area contributed by atoms with E-state index in [9.17, 15) is 4.79 Å². The first-order chi connectivity index (χ1) is 7.72. The van der Waals surface area contributed by atoms with Gasteiger partial charge in [-0.25, -0.2) is 0 Å². The molecule has 1 saturated heterocycles. The summed E-state index contributed by atoms with van der Waals surface area (Å²) in [6, 6.07) is 7.14. The van der Waals surface area contributed by atoms with Gasteiger partial charge in [0.1, 0.15) is 11.8 Å². The van der Waals surface area contributed by atoms with Gasteiger partial charge in [0.2, 0.25) is 0 Å². The molecule has 0 spiro atoms. The summed E-state index contributed by atoms with van der Waals surface area (Å²) >= 11 is 0. The molecule has 1 aliphatic rings. The molecule has 0 aliphatic carbocycles. The van der Waals surface area contributed by atoms with Crippen LogP contribution in [0, 0.1) is 0 Å². The summed E-state index contributed by atoms with van der Waals surface area (Å²) in [5.41, 5.74) is 1.02. The summed E-state index contributed by atoms with van der Waals surface area (Å²) in [4.78, 5) is 11.0. The topological polar surface area (TPSA) is 58.6 Å². The van der Waals surface area contributed by atoms with E-state index in [-0.39, 0.29) is 5.92 Å². The third kappa shape index (κ3) is 2.02. The van der Waals surface area contributed by atoms with Crippen LogP contribution in [-0.2, 0) is 4.79 Å². The Hall–Kier alpha value is -1.55. The number of carboxylic acid groups (broad SMARTS) is 1. The van der Waals surface area contributed by atoms with Gasteiger partial charge < -0.3 is 15.2 Å². The van der Waals surface area contributed by atoms with Crippen molar-refractivity contribution in [1.82, 2.24) is 5.32 Å². The van der Waals surface area contributed by atoms with Crippen molar-refractivity contribution in [2.45, 2.75) is 18.4 Å². The number of benzene rings is 1. The summed E-state index contributed by atoms with van der Waals surface area (Å²) in [5, 5.41) is 12.1. The van der Waals surface area contributed by atoms with Gasteiger partial charge in [0.05, 0.1) is 7.11 Å². The van der Waals surface area contributed by atoms with Gasteiger partial charge in [0, 0.05) is 5.92 Å². The molecule has 4 nitrogen and oxygen atoms in total. The van der Waals surface area contributed by atoms with Crippen LogP contribution in [0.3, 0.4) is 0 Å². The minimum Gasteiger partial charge on any atom is -0.497 e. The molecule has 0 saturated carbocycles. The van der Waals surface area contributed by atoms with E-state index < -0.39 is 12.0 Å². The van der Waals surface area contributed by atoms with Crippen LogP contribution in [0.5, 0.6) is 5.75 Å². The molecule has 0 radical (unpaired) electrons. The van der Waals surface area contributed by atoms with Crippen LogP contribution in [0.4, 0.5) is 0 Å². The number of methoxy groups -OCH3 is 1. The molecule has 16 heavy (non-hydrogen) atoms. The lowest BCUT2D eigenvalue weighted by molar-refractivity contribution is -0.139. The average Bonchev–Trinajstić information content (AvgIpc) is 2.78. The van der Waals surface area contributed by atoms with Gasteiger partial charge in [-0.2, -0.15) is 0 Å². The molecule has 1 fully saturated rings. The molecule has 0 amide bonds. The van der Waals surface area contributed by atoms with Crippen molar-refractivity contribution in [2.75, 3.05) is 13.7 Å². The molecule has 1 heterocycles. The molecule has 86 valence electrons. The summed E-state index contributed by atoms with van der Waals surface area (Å²) in [6.07, 6.45) is 0.851. The zero-order valence-electron chi connectivity index (χ0n) is 9.14. The monoisotopic (exact) mass is 221 g/mol. The summed E-state index contributed by atoms with van der Waals surface area (Å²) in [7, 11) is 1.61. The first-order valence-corrected chi connectivity index (χ1v) is 5.32. The van der Waals surface area contributed by atoms with Gasteiger partial charge in [-0.3, -0.25) is 4.79 Å². The lowest BCUT2D eigenvalue weighted by Crippen LogP contribution is -2.34. The molecule has 4 heteroatoms. The van der Waals surface area contributed by atoms with Crippen LogP contribution < -0.4 is 10.1 Å². The predicted molar refractivity (Wildman–Crippen MR) is 59.8 cm³/mol. The Labute approximate surface area is 94.2 Å². The Morgan fingerprint density at radius 1 is 1.56 bits per heavy atom. The van der Waals surface area contributed by atoms with Crippen molar-refractivity contribution in [2.24, 2.45) is 0 Å². The normalized spacial score (nSPS) is 24.3. The van der Waals surface area contributed by atoms with Crippen LogP contribution in [0.2, 0.25) is 0 Å². The highest BCUT2D eigenvalue weighted by Gasteiger charge is 2.33. The summed E-state index contributed by atoms with van der Waals surface area (Å²) in [5.74, 6) is 0.0199. The molecule has 2 N–H and O–H groups in total. The van der Waals surface area contributed by atoms with Crippen molar-refractivity contribution in [1.29, 1.82) is 0 Å². The second-order valence-electron chi connectivity index (χ2n) is 3.94. The van der Waals surface area contributed by atoms with Crippen molar-refractivity contribution < 1.29 is 14.6 Å². The van der Waals surface area contributed by atoms with Gasteiger partial charge >= 0.3 is 5.97 Å². The van der Waals surface area contributed by atoms with E-state index in [1.165, 1.54) is 0 Å². The quantitative estimate of drug-likeness (QED) is 0.806. The number of carbonyl (C=O) groups is 1. The van der Waals surface area contributed by atoms with Gasteiger partial charge in [-0.15, -0.1) is 0 Å². The fraction of sp³-hybridized carbons (Fsp3) is 0.417. The first kappa shape index (κ1) is 11.0. The zero-order chi connectivity index (χ0) is 11.5. The molecule has 2 rings (SSSR count). The Kier molecular flexibility index (Phi) is 3.10. The molecule has 1 aliphatic heterocycles. The lowest BCUT2D eigenvalue weighted by atomic mass is 9.92. The maximum absolute atomic E-state index is 11.0. The van der Waals surface area contributed by atoms with Crippen molar-refractivity contribution in [3.05, 3.63) is 29.8 Å². The highest BCUT2D eigenvalue weighted by Crippen LogP contribution is 2.29. The van der Waals surface area contributed by atoms with Crippen LogP contribution in [0.15, 0.2) is 24.3 Å². The summed E-state index contributed by atoms with van der Waals surface area (Å²) in [6.45, 7) is 0.749. The van der Waals surface area contributed by atoms with E-state index in [2.05, 4.69) is 5.32 Å². The predicted octanol–water partition coefficient (Wildman–Crippen LogP) is 1.23. The highest BCUT2D eigenvalue weighted by molar-refractivity contribution is 5.75. The second kappa shape index (κ2) is 4.53. The van der Waals surface area contributed by atoms with Crippen LogP contribution in [0.1, 0.15) is 17.9 Å².